The van der Waals surface area contributed by atoms with Crippen LogP contribution in [0.1, 0.15) is 26.7 Å². The Balaban J connectivity index is 3.81. The lowest BCUT2D eigenvalue weighted by atomic mass is 9.90. The van der Waals surface area contributed by atoms with Crippen LogP contribution in [0.25, 0.3) is 0 Å². The van der Waals surface area contributed by atoms with Gasteiger partial charge < -0.3 is 15.8 Å². The highest BCUT2D eigenvalue weighted by Gasteiger charge is 2.18. The zero-order valence-electron chi connectivity index (χ0n) is 9.63. The van der Waals surface area contributed by atoms with Gasteiger partial charge in [0.1, 0.15) is 0 Å². The van der Waals surface area contributed by atoms with Crippen LogP contribution in [-0.2, 0) is 9.53 Å². The van der Waals surface area contributed by atoms with Crippen molar-refractivity contribution >= 4 is 23.1 Å². The number of carbonyl (C=O) groups excluding carboxylic acids is 1. The van der Waals surface area contributed by atoms with Crippen molar-refractivity contribution in [3.05, 3.63) is 0 Å². The molecule has 0 aliphatic rings. The molecule has 0 heterocycles. The van der Waals surface area contributed by atoms with E-state index >= 15 is 0 Å². The fraction of sp³-hybridized carbons (Fsp3) is 0.800. The van der Waals surface area contributed by atoms with Crippen LogP contribution in [0.4, 0.5) is 0 Å². The van der Waals surface area contributed by atoms with Crippen molar-refractivity contribution in [3.63, 3.8) is 0 Å². The van der Waals surface area contributed by atoms with E-state index in [1.165, 1.54) is 0 Å². The number of nitrogens with two attached hydrogens (primary N) is 1. The first-order chi connectivity index (χ1) is 6.87. The van der Waals surface area contributed by atoms with Crippen LogP contribution in [0.15, 0.2) is 0 Å². The van der Waals surface area contributed by atoms with Crippen LogP contribution in [0.5, 0.6) is 0 Å². The van der Waals surface area contributed by atoms with E-state index in [0.717, 1.165) is 6.42 Å². The van der Waals surface area contributed by atoms with Crippen LogP contribution in [0.2, 0.25) is 0 Å². The molecule has 0 radical (unpaired) electrons. The summed E-state index contributed by atoms with van der Waals surface area (Å²) >= 11 is 4.65. The van der Waals surface area contributed by atoms with E-state index in [2.05, 4.69) is 31.4 Å². The fourth-order valence-electron chi connectivity index (χ4n) is 1.03. The molecule has 0 saturated heterocycles. The van der Waals surface area contributed by atoms with E-state index < -0.39 is 0 Å². The smallest absolute Gasteiger partial charge is 0.226 e. The summed E-state index contributed by atoms with van der Waals surface area (Å²) in [6.45, 7) is 5.45. The normalized spacial score (nSPS) is 11.1. The Kier molecular flexibility index (Phi) is 6.43. The monoisotopic (exact) mass is 232 g/mol. The van der Waals surface area contributed by atoms with E-state index in [-0.39, 0.29) is 22.7 Å². The predicted molar refractivity (Wildman–Crippen MR) is 64.7 cm³/mol. The molecule has 0 unspecified atom stereocenters. The third kappa shape index (κ3) is 8.32. The maximum Gasteiger partial charge on any atom is 0.226 e. The Morgan fingerprint density at radius 1 is 1.53 bits per heavy atom. The van der Waals surface area contributed by atoms with Crippen LogP contribution < -0.4 is 11.1 Å². The summed E-state index contributed by atoms with van der Waals surface area (Å²) < 4.78 is 5.00. The van der Waals surface area contributed by atoms with Gasteiger partial charge in [-0.25, -0.2) is 0 Å². The van der Waals surface area contributed by atoms with Crippen molar-refractivity contribution in [1.82, 2.24) is 5.32 Å². The van der Waals surface area contributed by atoms with Crippen molar-refractivity contribution in [2.45, 2.75) is 26.7 Å². The lowest BCUT2D eigenvalue weighted by Gasteiger charge is -2.24. The molecular formula is C10H20N2O2S. The van der Waals surface area contributed by atoms with Gasteiger partial charge in [-0.2, -0.15) is 0 Å². The molecule has 0 aromatic heterocycles. The summed E-state index contributed by atoms with van der Waals surface area (Å²) in [5.41, 5.74) is 5.29. The molecule has 4 nitrogen and oxygen atoms in total. The second kappa shape index (κ2) is 6.74. The average molecular weight is 232 g/mol. The SMILES string of the molecule is COCCC(C)(C)CNC(=O)CC(N)=S. The predicted octanol–water partition coefficient (Wildman–Crippen LogP) is 0.842. The summed E-state index contributed by atoms with van der Waals surface area (Å²) in [7, 11) is 1.67. The minimum atomic E-state index is -0.118. The highest BCUT2D eigenvalue weighted by Crippen LogP contribution is 2.18. The summed E-state index contributed by atoms with van der Waals surface area (Å²) in [5.74, 6) is -0.118. The topological polar surface area (TPSA) is 64.3 Å². The number of hydrogen-bond acceptors (Lipinski definition) is 3. The van der Waals surface area contributed by atoms with Gasteiger partial charge in [-0.05, 0) is 11.8 Å². The van der Waals surface area contributed by atoms with E-state index in [1.54, 1.807) is 7.11 Å². The first kappa shape index (κ1) is 14.3. The second-order valence-electron chi connectivity index (χ2n) is 4.33. The first-order valence-electron chi connectivity index (χ1n) is 4.91. The molecule has 0 aromatic rings. The lowest BCUT2D eigenvalue weighted by molar-refractivity contribution is -0.120. The Bertz CT molecular complexity index is 229. The zero-order chi connectivity index (χ0) is 11.9. The van der Waals surface area contributed by atoms with E-state index in [9.17, 15) is 4.79 Å². The second-order valence-corrected chi connectivity index (χ2v) is 4.85. The van der Waals surface area contributed by atoms with Crippen molar-refractivity contribution < 1.29 is 9.53 Å². The highest BCUT2D eigenvalue weighted by atomic mass is 32.1. The van der Waals surface area contributed by atoms with Gasteiger partial charge in [0.2, 0.25) is 5.91 Å². The number of rotatable bonds is 7. The van der Waals surface area contributed by atoms with Crippen LogP contribution in [0, 0.1) is 5.41 Å². The van der Waals surface area contributed by atoms with Gasteiger partial charge in [-0.15, -0.1) is 0 Å². The summed E-state index contributed by atoms with van der Waals surface area (Å²) in [6.07, 6.45) is 1.02. The van der Waals surface area contributed by atoms with Crippen molar-refractivity contribution in [2.24, 2.45) is 11.1 Å². The number of amides is 1. The van der Waals surface area contributed by atoms with Crippen LogP contribution in [0.3, 0.4) is 0 Å². The molecular weight excluding hydrogens is 212 g/mol. The van der Waals surface area contributed by atoms with Gasteiger partial charge in [-0.1, -0.05) is 26.1 Å². The van der Waals surface area contributed by atoms with Crippen molar-refractivity contribution in [2.75, 3.05) is 20.3 Å². The number of hydrogen-bond donors (Lipinski definition) is 2. The van der Waals surface area contributed by atoms with Gasteiger partial charge in [-0.3, -0.25) is 4.79 Å². The molecule has 0 spiro atoms. The number of thiocarbonyl (C=S) groups is 1. The molecule has 0 rings (SSSR count). The van der Waals surface area contributed by atoms with Crippen molar-refractivity contribution in [3.8, 4) is 0 Å². The molecule has 1 amide bonds. The first-order valence-corrected chi connectivity index (χ1v) is 5.32. The Morgan fingerprint density at radius 2 is 2.13 bits per heavy atom. The summed E-state index contributed by atoms with van der Waals surface area (Å²) in [5, 5.41) is 2.80. The maximum atomic E-state index is 11.3. The molecule has 88 valence electrons. The third-order valence-corrected chi connectivity index (χ3v) is 2.23. The molecule has 0 atom stereocenters. The lowest BCUT2D eigenvalue weighted by Crippen LogP contribution is -2.36. The van der Waals surface area contributed by atoms with E-state index in [4.69, 9.17) is 10.5 Å². The Hall–Kier alpha value is -0.680. The summed E-state index contributed by atoms with van der Waals surface area (Å²) in [6, 6.07) is 0. The number of methoxy groups -OCH3 is 1. The third-order valence-electron chi connectivity index (χ3n) is 2.08. The quantitative estimate of drug-likeness (QED) is 0.639. The zero-order valence-corrected chi connectivity index (χ0v) is 10.4. The molecule has 0 aromatic carbocycles. The molecule has 0 bridgehead atoms. The van der Waals surface area contributed by atoms with Gasteiger partial charge in [0, 0.05) is 20.3 Å². The van der Waals surface area contributed by atoms with Gasteiger partial charge in [0.15, 0.2) is 0 Å². The molecule has 0 fully saturated rings. The largest absolute Gasteiger partial charge is 0.393 e. The highest BCUT2D eigenvalue weighted by molar-refractivity contribution is 7.80. The number of carbonyl (C=O) groups is 1. The van der Waals surface area contributed by atoms with E-state index in [1.807, 2.05) is 0 Å². The minimum absolute atomic E-state index is 0.0297. The fourth-order valence-corrected chi connectivity index (χ4v) is 1.16. The average Bonchev–Trinajstić information content (AvgIpc) is 2.11. The molecule has 0 saturated carbocycles. The summed E-state index contributed by atoms with van der Waals surface area (Å²) in [4.78, 5) is 11.5. The molecule has 15 heavy (non-hydrogen) atoms. The Morgan fingerprint density at radius 3 is 2.60 bits per heavy atom. The molecule has 0 aliphatic carbocycles. The van der Waals surface area contributed by atoms with Gasteiger partial charge >= 0.3 is 0 Å². The molecule has 3 N–H and O–H groups in total. The number of nitrogens with one attached hydrogen (secondary N) is 1. The molecule has 5 heteroatoms. The minimum Gasteiger partial charge on any atom is -0.393 e. The van der Waals surface area contributed by atoms with Crippen LogP contribution >= 0.6 is 12.2 Å². The van der Waals surface area contributed by atoms with Crippen LogP contribution in [-0.4, -0.2) is 31.2 Å². The number of ether oxygens (including phenoxy) is 1. The standard InChI is InChI=1S/C10H20N2O2S/c1-10(2,4-5-14-3)7-12-9(13)6-8(11)15/h4-7H2,1-3H3,(H2,11,15)(H,12,13). The van der Waals surface area contributed by atoms with Gasteiger partial charge in [0.05, 0.1) is 11.4 Å². The van der Waals surface area contributed by atoms with Gasteiger partial charge in [0.25, 0.3) is 0 Å². The Labute approximate surface area is 96.5 Å². The van der Waals surface area contributed by atoms with E-state index in [0.29, 0.717) is 13.2 Å². The maximum absolute atomic E-state index is 11.3. The van der Waals surface area contributed by atoms with Crippen molar-refractivity contribution in [1.29, 1.82) is 0 Å². The molecule has 0 aliphatic heterocycles.